The molecular weight excluding hydrogens is 390 g/mol. The molecule has 0 spiro atoms. The van der Waals surface area contributed by atoms with Crippen LogP contribution in [0.3, 0.4) is 0 Å². The van der Waals surface area contributed by atoms with Gasteiger partial charge in [0.2, 0.25) is 0 Å². The standard InChI is InChI=1S/C20H29N5O5/c1-5-6-10-24(15(26)12-30-19(28)14-8-7-9-23(14)4)16-17(21)25(11-13(2)3)20(29)22-18(16)27/h7-9,13H,5-6,10-12,21H2,1-4H3,(H,22,27,29). The van der Waals surface area contributed by atoms with Crippen LogP contribution in [0.4, 0.5) is 11.5 Å². The fraction of sp³-hybridized carbons (Fsp3) is 0.500. The van der Waals surface area contributed by atoms with E-state index < -0.39 is 29.7 Å². The van der Waals surface area contributed by atoms with E-state index >= 15 is 0 Å². The van der Waals surface area contributed by atoms with Gasteiger partial charge in [-0.1, -0.05) is 27.2 Å². The highest BCUT2D eigenvalue weighted by atomic mass is 16.5. The zero-order valence-electron chi connectivity index (χ0n) is 17.8. The van der Waals surface area contributed by atoms with Crippen molar-refractivity contribution in [1.82, 2.24) is 14.1 Å². The van der Waals surface area contributed by atoms with Crippen LogP contribution in [0.2, 0.25) is 0 Å². The van der Waals surface area contributed by atoms with Crippen molar-refractivity contribution in [3.05, 3.63) is 44.9 Å². The second kappa shape index (κ2) is 9.95. The maximum atomic E-state index is 12.9. The number of aryl methyl sites for hydroxylation is 1. The maximum absolute atomic E-state index is 12.9. The van der Waals surface area contributed by atoms with Crippen LogP contribution in [0, 0.1) is 5.92 Å². The first-order chi connectivity index (χ1) is 14.2. The molecule has 2 aromatic rings. The molecule has 0 atom stereocenters. The largest absolute Gasteiger partial charge is 0.451 e. The molecule has 2 aromatic heterocycles. The van der Waals surface area contributed by atoms with Gasteiger partial charge in [0.15, 0.2) is 12.3 Å². The summed E-state index contributed by atoms with van der Waals surface area (Å²) >= 11 is 0. The van der Waals surface area contributed by atoms with Gasteiger partial charge in [-0.2, -0.15) is 0 Å². The number of nitrogens with one attached hydrogen (secondary N) is 1. The Morgan fingerprint density at radius 1 is 1.30 bits per heavy atom. The Bertz CT molecular complexity index is 1020. The first kappa shape index (κ1) is 23.0. The molecule has 0 saturated carbocycles. The van der Waals surface area contributed by atoms with Crippen LogP contribution in [0.1, 0.15) is 44.1 Å². The molecule has 0 saturated heterocycles. The highest BCUT2D eigenvalue weighted by Gasteiger charge is 2.25. The van der Waals surface area contributed by atoms with Gasteiger partial charge in [0.25, 0.3) is 11.5 Å². The van der Waals surface area contributed by atoms with Crippen molar-refractivity contribution < 1.29 is 14.3 Å². The van der Waals surface area contributed by atoms with Gasteiger partial charge in [0.1, 0.15) is 11.5 Å². The van der Waals surface area contributed by atoms with Crippen molar-refractivity contribution in [2.24, 2.45) is 13.0 Å². The number of carbonyl (C=O) groups is 2. The fourth-order valence-electron chi connectivity index (χ4n) is 3.01. The normalized spacial score (nSPS) is 11.0. The van der Waals surface area contributed by atoms with Gasteiger partial charge in [0.05, 0.1) is 0 Å². The lowest BCUT2D eigenvalue weighted by atomic mass is 10.2. The number of aromatic amines is 1. The lowest BCUT2D eigenvalue weighted by Gasteiger charge is -2.24. The summed E-state index contributed by atoms with van der Waals surface area (Å²) in [5.74, 6) is -1.25. The monoisotopic (exact) mass is 419 g/mol. The molecule has 0 aromatic carbocycles. The molecule has 3 N–H and O–H groups in total. The third-order valence-corrected chi connectivity index (χ3v) is 4.55. The van der Waals surface area contributed by atoms with Gasteiger partial charge in [0, 0.05) is 26.3 Å². The summed E-state index contributed by atoms with van der Waals surface area (Å²) in [6, 6.07) is 3.26. The lowest BCUT2D eigenvalue weighted by Crippen LogP contribution is -2.43. The van der Waals surface area contributed by atoms with Crippen LogP contribution in [0.15, 0.2) is 27.9 Å². The minimum Gasteiger partial charge on any atom is -0.451 e. The van der Waals surface area contributed by atoms with E-state index in [0.29, 0.717) is 12.1 Å². The van der Waals surface area contributed by atoms with Crippen molar-refractivity contribution in [3.8, 4) is 0 Å². The number of anilines is 2. The van der Waals surface area contributed by atoms with E-state index in [9.17, 15) is 19.2 Å². The summed E-state index contributed by atoms with van der Waals surface area (Å²) in [4.78, 5) is 53.2. The minimum absolute atomic E-state index is 0.0873. The summed E-state index contributed by atoms with van der Waals surface area (Å²) < 4.78 is 7.95. The smallest absolute Gasteiger partial charge is 0.355 e. The summed E-state index contributed by atoms with van der Waals surface area (Å²) in [7, 11) is 1.68. The number of nitrogens with two attached hydrogens (primary N) is 1. The molecule has 164 valence electrons. The molecule has 0 aliphatic heterocycles. The average molecular weight is 419 g/mol. The maximum Gasteiger partial charge on any atom is 0.355 e. The van der Waals surface area contributed by atoms with Crippen molar-refractivity contribution in [1.29, 1.82) is 0 Å². The van der Waals surface area contributed by atoms with Gasteiger partial charge in [-0.05, 0) is 24.5 Å². The molecule has 2 rings (SSSR count). The Balaban J connectivity index is 2.34. The Hall–Kier alpha value is -3.30. The number of aromatic nitrogens is 3. The summed E-state index contributed by atoms with van der Waals surface area (Å²) in [6.45, 7) is 5.66. The van der Waals surface area contributed by atoms with E-state index in [0.717, 1.165) is 6.42 Å². The number of nitrogen functional groups attached to an aromatic ring is 1. The van der Waals surface area contributed by atoms with Gasteiger partial charge >= 0.3 is 11.7 Å². The molecule has 1 amide bonds. The third-order valence-electron chi connectivity index (χ3n) is 4.55. The van der Waals surface area contributed by atoms with Crippen LogP contribution in [0.5, 0.6) is 0 Å². The average Bonchev–Trinajstić information content (AvgIpc) is 3.11. The number of hydrogen-bond acceptors (Lipinski definition) is 6. The Morgan fingerprint density at radius 2 is 2.00 bits per heavy atom. The van der Waals surface area contributed by atoms with E-state index in [4.69, 9.17) is 10.5 Å². The zero-order valence-corrected chi connectivity index (χ0v) is 17.8. The number of nitrogens with zero attached hydrogens (tertiary/aromatic N) is 3. The number of H-pyrrole nitrogens is 1. The predicted octanol–water partition coefficient (Wildman–Crippen LogP) is 1.10. The molecule has 0 bridgehead atoms. The summed E-state index contributed by atoms with van der Waals surface area (Å²) in [5.41, 5.74) is 4.94. The van der Waals surface area contributed by atoms with Crippen molar-refractivity contribution >= 4 is 23.4 Å². The molecule has 2 heterocycles. The van der Waals surface area contributed by atoms with E-state index in [-0.39, 0.29) is 30.5 Å². The Labute approximate surface area is 174 Å². The second-order valence-corrected chi connectivity index (χ2v) is 7.48. The molecular formula is C20H29N5O5. The Kier molecular flexibility index (Phi) is 7.62. The number of unbranched alkanes of at least 4 members (excludes halogenated alkanes) is 1. The molecule has 0 fully saturated rings. The van der Waals surface area contributed by atoms with Crippen LogP contribution in [-0.4, -0.2) is 39.1 Å². The molecule has 0 radical (unpaired) electrons. The van der Waals surface area contributed by atoms with E-state index in [1.807, 2.05) is 20.8 Å². The third kappa shape index (κ3) is 5.19. The second-order valence-electron chi connectivity index (χ2n) is 7.48. The molecule has 10 heteroatoms. The number of amides is 1. The number of esters is 1. The molecule has 30 heavy (non-hydrogen) atoms. The minimum atomic E-state index is -0.754. The first-order valence-electron chi connectivity index (χ1n) is 9.88. The summed E-state index contributed by atoms with van der Waals surface area (Å²) in [5, 5.41) is 0. The molecule has 10 nitrogen and oxygen atoms in total. The van der Waals surface area contributed by atoms with E-state index in [1.54, 1.807) is 29.9 Å². The van der Waals surface area contributed by atoms with Gasteiger partial charge in [-0.25, -0.2) is 9.59 Å². The molecule has 0 aliphatic carbocycles. The van der Waals surface area contributed by atoms with Crippen LogP contribution >= 0.6 is 0 Å². The molecule has 0 unspecified atom stereocenters. The highest BCUT2D eigenvalue weighted by molar-refractivity contribution is 5.98. The van der Waals surface area contributed by atoms with E-state index in [2.05, 4.69) is 4.98 Å². The quantitative estimate of drug-likeness (QED) is 0.585. The Morgan fingerprint density at radius 3 is 2.57 bits per heavy atom. The van der Waals surface area contributed by atoms with Crippen LogP contribution in [-0.2, 0) is 23.1 Å². The number of hydrogen-bond donors (Lipinski definition) is 2. The number of rotatable bonds is 9. The van der Waals surface area contributed by atoms with E-state index in [1.165, 1.54) is 9.47 Å². The van der Waals surface area contributed by atoms with Crippen molar-refractivity contribution in [3.63, 3.8) is 0 Å². The van der Waals surface area contributed by atoms with Gasteiger partial charge < -0.3 is 19.9 Å². The molecule has 0 aliphatic rings. The topological polar surface area (TPSA) is 132 Å². The van der Waals surface area contributed by atoms with Crippen molar-refractivity contribution in [2.75, 3.05) is 23.8 Å². The van der Waals surface area contributed by atoms with Gasteiger partial charge in [-0.3, -0.25) is 19.1 Å². The predicted molar refractivity (Wildman–Crippen MR) is 114 cm³/mol. The lowest BCUT2D eigenvalue weighted by molar-refractivity contribution is -0.121. The number of carbonyl (C=O) groups excluding carboxylic acids is 2. The zero-order chi connectivity index (χ0) is 22.4. The van der Waals surface area contributed by atoms with Crippen LogP contribution < -0.4 is 21.9 Å². The SMILES string of the molecule is CCCCN(C(=O)COC(=O)c1cccn1C)c1c(N)n(CC(C)C)c(=O)[nH]c1=O. The number of ether oxygens (including phenoxy) is 1. The highest BCUT2D eigenvalue weighted by Crippen LogP contribution is 2.19. The van der Waals surface area contributed by atoms with Gasteiger partial charge in [-0.15, -0.1) is 0 Å². The van der Waals surface area contributed by atoms with Crippen molar-refractivity contribution in [2.45, 2.75) is 40.2 Å². The van der Waals surface area contributed by atoms with Crippen LogP contribution in [0.25, 0.3) is 0 Å². The fourth-order valence-corrected chi connectivity index (χ4v) is 3.01. The first-order valence-corrected chi connectivity index (χ1v) is 9.88. The summed E-state index contributed by atoms with van der Waals surface area (Å²) in [6.07, 6.45) is 3.04.